The first-order chi connectivity index (χ1) is 8.66. The number of halogens is 2. The number of ether oxygens (including phenoxy) is 1. The number of rotatable bonds is 5. The Labute approximate surface area is 119 Å². The van der Waals surface area contributed by atoms with E-state index in [1.54, 1.807) is 13.8 Å². The predicted molar refractivity (Wildman–Crippen MR) is 74.5 cm³/mol. The van der Waals surface area contributed by atoms with Gasteiger partial charge in [-0.15, -0.1) is 0 Å². The molecule has 1 aromatic carbocycles. The summed E-state index contributed by atoms with van der Waals surface area (Å²) in [5, 5.41) is -1.65. The maximum atomic E-state index is 13.3. The second kappa shape index (κ2) is 5.79. The highest BCUT2D eigenvalue weighted by atomic mass is 79.9. The molecule has 0 aromatic heterocycles. The molecular formula is C11H16BrFNO4P. The molecule has 0 saturated heterocycles. The third-order valence-corrected chi connectivity index (χ3v) is 5.38. The van der Waals surface area contributed by atoms with E-state index in [1.165, 1.54) is 6.07 Å². The van der Waals surface area contributed by atoms with Crippen molar-refractivity contribution in [1.29, 1.82) is 0 Å². The molecule has 0 spiro atoms. The van der Waals surface area contributed by atoms with E-state index >= 15 is 0 Å². The van der Waals surface area contributed by atoms with Crippen molar-refractivity contribution in [3.05, 3.63) is 22.4 Å². The number of nitrogens with two attached hydrogens (primary N) is 1. The molecule has 0 atom stereocenters. The second-order valence-electron chi connectivity index (χ2n) is 4.10. The van der Waals surface area contributed by atoms with Gasteiger partial charge in [-0.2, -0.15) is 0 Å². The summed E-state index contributed by atoms with van der Waals surface area (Å²) in [5.74, 6) is -0.528. The van der Waals surface area contributed by atoms with Crippen LogP contribution in [-0.2, 0) is 4.57 Å². The summed E-state index contributed by atoms with van der Waals surface area (Å²) in [5.41, 5.74) is 5.60. The first-order valence-corrected chi connectivity index (χ1v) is 8.06. The molecule has 5 nitrogen and oxygen atoms in total. The van der Waals surface area contributed by atoms with Crippen molar-refractivity contribution in [3.8, 4) is 5.75 Å². The lowest BCUT2D eigenvalue weighted by atomic mass is 10.2. The summed E-state index contributed by atoms with van der Waals surface area (Å²) in [4.78, 5) is 18.9. The van der Waals surface area contributed by atoms with Gasteiger partial charge >= 0.3 is 7.60 Å². The average Bonchev–Trinajstić information content (AvgIpc) is 2.30. The Bertz CT molecular complexity index is 516. The first-order valence-electron chi connectivity index (χ1n) is 5.66. The zero-order valence-electron chi connectivity index (χ0n) is 10.6. The lowest BCUT2D eigenvalue weighted by Crippen LogP contribution is -2.34. The van der Waals surface area contributed by atoms with Crippen LogP contribution in [-0.4, -0.2) is 15.1 Å². The fourth-order valence-corrected chi connectivity index (χ4v) is 3.07. The zero-order valence-corrected chi connectivity index (χ0v) is 13.0. The van der Waals surface area contributed by atoms with E-state index in [1.807, 2.05) is 0 Å². The van der Waals surface area contributed by atoms with E-state index in [-0.39, 0.29) is 28.8 Å². The van der Waals surface area contributed by atoms with Gasteiger partial charge in [0.05, 0.1) is 10.2 Å². The van der Waals surface area contributed by atoms with Gasteiger partial charge in [-0.05, 0) is 34.8 Å². The van der Waals surface area contributed by atoms with Crippen LogP contribution in [0.3, 0.4) is 0 Å². The maximum Gasteiger partial charge on any atom is 0.368 e. The average molecular weight is 356 g/mol. The zero-order chi connectivity index (χ0) is 14.8. The van der Waals surface area contributed by atoms with Crippen molar-refractivity contribution in [2.75, 3.05) is 5.73 Å². The summed E-state index contributed by atoms with van der Waals surface area (Å²) in [7, 11) is -4.51. The van der Waals surface area contributed by atoms with Gasteiger partial charge in [0.2, 0.25) is 5.34 Å². The summed E-state index contributed by atoms with van der Waals surface area (Å²) in [6, 6.07) is 2.30. The summed E-state index contributed by atoms with van der Waals surface area (Å²) in [6.45, 7) is 3.22. The monoisotopic (exact) mass is 355 g/mol. The highest BCUT2D eigenvalue weighted by Crippen LogP contribution is 2.55. The van der Waals surface area contributed by atoms with Gasteiger partial charge in [-0.3, -0.25) is 4.57 Å². The van der Waals surface area contributed by atoms with Crippen molar-refractivity contribution in [3.63, 3.8) is 0 Å². The summed E-state index contributed by atoms with van der Waals surface area (Å²) < 4.78 is 30.4. The Balaban J connectivity index is 3.25. The Morgan fingerprint density at radius 1 is 1.42 bits per heavy atom. The van der Waals surface area contributed by atoms with Crippen LogP contribution in [0.15, 0.2) is 16.6 Å². The van der Waals surface area contributed by atoms with Crippen LogP contribution in [0.1, 0.15) is 26.7 Å². The van der Waals surface area contributed by atoms with Crippen LogP contribution in [0.2, 0.25) is 0 Å². The number of nitrogen functional groups attached to an aromatic ring is 1. The van der Waals surface area contributed by atoms with Crippen LogP contribution in [0.4, 0.5) is 10.1 Å². The van der Waals surface area contributed by atoms with E-state index in [9.17, 15) is 18.7 Å². The molecular weight excluding hydrogens is 340 g/mol. The molecule has 0 aliphatic rings. The highest BCUT2D eigenvalue weighted by molar-refractivity contribution is 9.10. The number of hydrogen-bond donors (Lipinski definition) is 3. The van der Waals surface area contributed by atoms with Gasteiger partial charge in [0.25, 0.3) is 0 Å². The van der Waals surface area contributed by atoms with E-state index in [0.29, 0.717) is 0 Å². The van der Waals surface area contributed by atoms with Gasteiger partial charge < -0.3 is 20.3 Å². The van der Waals surface area contributed by atoms with Gasteiger partial charge in [-0.25, -0.2) is 4.39 Å². The molecule has 1 aromatic rings. The Morgan fingerprint density at radius 2 is 1.95 bits per heavy atom. The molecule has 0 heterocycles. The number of anilines is 1. The van der Waals surface area contributed by atoms with Gasteiger partial charge in [-0.1, -0.05) is 13.8 Å². The maximum absolute atomic E-state index is 13.3. The molecule has 0 aliphatic carbocycles. The van der Waals surface area contributed by atoms with Gasteiger partial charge in [0.15, 0.2) is 0 Å². The first kappa shape index (κ1) is 16.4. The highest BCUT2D eigenvalue weighted by Gasteiger charge is 2.46. The van der Waals surface area contributed by atoms with Crippen molar-refractivity contribution < 1.29 is 23.5 Å². The molecule has 108 valence electrons. The largest absolute Gasteiger partial charge is 0.472 e. The van der Waals surface area contributed by atoms with E-state index in [2.05, 4.69) is 15.9 Å². The van der Waals surface area contributed by atoms with Crippen molar-refractivity contribution in [2.45, 2.75) is 32.0 Å². The van der Waals surface area contributed by atoms with Crippen LogP contribution in [0.5, 0.6) is 5.75 Å². The summed E-state index contributed by atoms with van der Waals surface area (Å²) in [6.07, 6.45) is 0.199. The Kier molecular flexibility index (Phi) is 5.01. The summed E-state index contributed by atoms with van der Waals surface area (Å²) >= 11 is 2.98. The minimum absolute atomic E-state index is 0.0135. The fourth-order valence-electron chi connectivity index (χ4n) is 1.70. The molecule has 0 aliphatic heterocycles. The third-order valence-electron chi connectivity index (χ3n) is 2.99. The van der Waals surface area contributed by atoms with Crippen molar-refractivity contribution in [2.24, 2.45) is 0 Å². The minimum atomic E-state index is -4.51. The van der Waals surface area contributed by atoms with Crippen LogP contribution < -0.4 is 10.5 Å². The number of benzene rings is 1. The topological polar surface area (TPSA) is 92.8 Å². The van der Waals surface area contributed by atoms with Crippen LogP contribution in [0.25, 0.3) is 0 Å². The van der Waals surface area contributed by atoms with Crippen molar-refractivity contribution >= 4 is 29.2 Å². The van der Waals surface area contributed by atoms with Crippen LogP contribution >= 0.6 is 23.5 Å². The smallest absolute Gasteiger partial charge is 0.368 e. The molecule has 0 fully saturated rings. The SMILES string of the molecule is CCC(CC)(Oc1cc(Br)c(F)cc1N)P(=O)(O)O. The normalized spacial score (nSPS) is 12.5. The number of hydrogen-bond acceptors (Lipinski definition) is 3. The lowest BCUT2D eigenvalue weighted by Gasteiger charge is -2.33. The van der Waals surface area contributed by atoms with E-state index in [4.69, 9.17) is 10.5 Å². The van der Waals surface area contributed by atoms with Crippen molar-refractivity contribution in [1.82, 2.24) is 0 Å². The predicted octanol–water partition coefficient (Wildman–Crippen LogP) is 3.24. The molecule has 0 bridgehead atoms. The molecule has 0 amide bonds. The van der Waals surface area contributed by atoms with Gasteiger partial charge in [0.1, 0.15) is 11.6 Å². The molecule has 0 saturated carbocycles. The molecule has 19 heavy (non-hydrogen) atoms. The molecule has 4 N–H and O–H groups in total. The quantitative estimate of drug-likeness (QED) is 0.556. The standard InChI is InChI=1S/C11H16BrFNO4P/c1-3-11(4-2,19(15,16)17)18-10-5-7(12)8(13)6-9(10)14/h5-6H,3-4,14H2,1-2H3,(H2,15,16,17). The Morgan fingerprint density at radius 3 is 2.37 bits per heavy atom. The van der Waals surface area contributed by atoms with Crippen LogP contribution in [0, 0.1) is 5.82 Å². The lowest BCUT2D eigenvalue weighted by molar-refractivity contribution is 0.109. The third kappa shape index (κ3) is 3.28. The van der Waals surface area contributed by atoms with E-state index < -0.39 is 18.8 Å². The minimum Gasteiger partial charge on any atom is -0.472 e. The Hall–Kier alpha value is -0.620. The van der Waals surface area contributed by atoms with E-state index in [0.717, 1.165) is 6.07 Å². The molecule has 0 unspecified atom stereocenters. The fraction of sp³-hybridized carbons (Fsp3) is 0.455. The molecule has 1 rings (SSSR count). The van der Waals surface area contributed by atoms with Gasteiger partial charge in [0, 0.05) is 6.07 Å². The molecule has 8 heteroatoms. The second-order valence-corrected chi connectivity index (χ2v) is 6.86. The molecule has 0 radical (unpaired) electrons.